The van der Waals surface area contributed by atoms with Gasteiger partial charge in [-0.25, -0.2) is 4.39 Å². The molecule has 3 amide bonds. The second-order valence-corrected chi connectivity index (χ2v) is 5.69. The first-order valence-corrected chi connectivity index (χ1v) is 8.00. The first-order valence-electron chi connectivity index (χ1n) is 8.00. The third kappa shape index (κ3) is 8.53. The Morgan fingerprint density at radius 1 is 1.00 bits per heavy atom. The number of anilines is 1. The van der Waals surface area contributed by atoms with Crippen LogP contribution in [0.1, 0.15) is 0 Å². The summed E-state index contributed by atoms with van der Waals surface area (Å²) in [6.07, 6.45) is 0. The van der Waals surface area contributed by atoms with Crippen molar-refractivity contribution in [3.8, 4) is 0 Å². The fourth-order valence-corrected chi connectivity index (χ4v) is 2.45. The molecule has 8 nitrogen and oxygen atoms in total. The van der Waals surface area contributed by atoms with Crippen LogP contribution in [-0.4, -0.2) is 73.3 Å². The van der Waals surface area contributed by atoms with Crippen molar-refractivity contribution >= 4 is 48.2 Å². The van der Waals surface area contributed by atoms with Crippen molar-refractivity contribution in [3.63, 3.8) is 0 Å². The van der Waals surface area contributed by atoms with Crippen LogP contribution in [0.25, 0.3) is 0 Å². The Kier molecular flexibility index (Phi) is 11.6. The Bertz CT molecular complexity index is 625. The molecule has 11 heteroatoms. The fourth-order valence-electron chi connectivity index (χ4n) is 2.45. The molecule has 1 fully saturated rings. The summed E-state index contributed by atoms with van der Waals surface area (Å²) in [6.45, 7) is 2.08. The van der Waals surface area contributed by atoms with Crippen molar-refractivity contribution < 1.29 is 18.8 Å². The average molecular weight is 424 g/mol. The number of halogens is 3. The molecule has 1 saturated heterocycles. The summed E-state index contributed by atoms with van der Waals surface area (Å²) in [6, 6.07) is 5.56. The normalized spacial score (nSPS) is 13.8. The third-order valence-corrected chi connectivity index (χ3v) is 3.84. The Balaban J connectivity index is 0.00000338. The molecule has 4 N–H and O–H groups in total. The number of carbonyl (C=O) groups is 3. The zero-order valence-electron chi connectivity index (χ0n) is 14.7. The average Bonchev–Trinajstić information content (AvgIpc) is 2.62. The molecule has 0 aromatic heterocycles. The van der Waals surface area contributed by atoms with Gasteiger partial charge < -0.3 is 21.3 Å². The quantitative estimate of drug-likeness (QED) is 0.588. The molecule has 0 unspecified atom stereocenters. The first-order chi connectivity index (χ1) is 12.0. The fraction of sp³-hybridized carbons (Fsp3) is 0.438. The molecular formula is C16H24Cl2FN5O3. The van der Waals surface area contributed by atoms with Crippen LogP contribution >= 0.6 is 24.8 Å². The third-order valence-electron chi connectivity index (χ3n) is 3.84. The van der Waals surface area contributed by atoms with Crippen LogP contribution in [-0.2, 0) is 14.4 Å². The minimum atomic E-state index is -0.371. The number of nitrogens with two attached hydrogens (primary N) is 1. The largest absolute Gasteiger partial charge is 0.346 e. The van der Waals surface area contributed by atoms with E-state index in [0.717, 1.165) is 0 Å². The zero-order valence-corrected chi connectivity index (χ0v) is 16.3. The van der Waals surface area contributed by atoms with Crippen molar-refractivity contribution in [1.29, 1.82) is 0 Å². The maximum Gasteiger partial charge on any atom is 0.242 e. The van der Waals surface area contributed by atoms with Gasteiger partial charge in [0.05, 0.1) is 19.6 Å². The minimum absolute atomic E-state index is 0. The van der Waals surface area contributed by atoms with E-state index in [1.54, 1.807) is 4.90 Å². The minimum Gasteiger partial charge on any atom is -0.346 e. The van der Waals surface area contributed by atoms with Gasteiger partial charge in [-0.05, 0) is 24.3 Å². The van der Waals surface area contributed by atoms with Crippen molar-refractivity contribution in [2.75, 3.05) is 51.1 Å². The lowest BCUT2D eigenvalue weighted by Gasteiger charge is -2.34. The number of hydrogen-bond acceptors (Lipinski definition) is 5. The Morgan fingerprint density at radius 2 is 1.59 bits per heavy atom. The second kappa shape index (κ2) is 12.4. The van der Waals surface area contributed by atoms with Crippen molar-refractivity contribution in [2.24, 2.45) is 5.73 Å². The molecule has 2 rings (SSSR count). The van der Waals surface area contributed by atoms with Crippen molar-refractivity contribution in [3.05, 3.63) is 30.1 Å². The van der Waals surface area contributed by atoms with E-state index in [2.05, 4.69) is 10.6 Å². The van der Waals surface area contributed by atoms with Crippen LogP contribution in [0.2, 0.25) is 0 Å². The standard InChI is InChI=1S/C16H22FN5O3.2ClH/c17-12-1-3-13(4-2-12)20-15(24)11-21-5-7-22(8-6-21)16(25)10-19-14(23)9-18;;/h1-4H,5-11,18H2,(H,19,23)(H,20,24);2*1H. The Labute approximate surface area is 169 Å². The van der Waals surface area contributed by atoms with Gasteiger partial charge in [-0.2, -0.15) is 0 Å². The first kappa shape index (κ1) is 25.1. The summed E-state index contributed by atoms with van der Waals surface area (Å²) in [5.74, 6) is -1.09. The second-order valence-electron chi connectivity index (χ2n) is 5.69. The van der Waals surface area contributed by atoms with Crippen LogP contribution < -0.4 is 16.4 Å². The number of carbonyl (C=O) groups excluding carboxylic acids is 3. The zero-order chi connectivity index (χ0) is 18.2. The van der Waals surface area contributed by atoms with Crippen molar-refractivity contribution in [1.82, 2.24) is 15.1 Å². The van der Waals surface area contributed by atoms with Gasteiger partial charge in [-0.3, -0.25) is 19.3 Å². The van der Waals surface area contributed by atoms with Crippen LogP contribution in [0.3, 0.4) is 0 Å². The van der Waals surface area contributed by atoms with E-state index in [0.29, 0.717) is 31.9 Å². The summed E-state index contributed by atoms with van der Waals surface area (Å²) in [5, 5.41) is 5.15. The Hall–Kier alpha value is -1.94. The van der Waals surface area contributed by atoms with Gasteiger partial charge in [0.1, 0.15) is 5.82 Å². The van der Waals surface area contributed by atoms with Gasteiger partial charge in [0.25, 0.3) is 0 Å². The van der Waals surface area contributed by atoms with Crippen LogP contribution in [0.5, 0.6) is 0 Å². The number of hydrogen-bond donors (Lipinski definition) is 3. The number of piperazine rings is 1. The van der Waals surface area contributed by atoms with Crippen molar-refractivity contribution in [2.45, 2.75) is 0 Å². The molecule has 0 saturated carbocycles. The molecule has 0 aliphatic carbocycles. The maximum absolute atomic E-state index is 12.8. The number of nitrogens with one attached hydrogen (secondary N) is 2. The van der Waals surface area contributed by atoms with E-state index in [9.17, 15) is 18.8 Å². The predicted octanol–water partition coefficient (Wildman–Crippen LogP) is -0.173. The van der Waals surface area contributed by atoms with E-state index in [4.69, 9.17) is 5.73 Å². The molecule has 1 aromatic carbocycles. The highest BCUT2D eigenvalue weighted by Crippen LogP contribution is 2.09. The Morgan fingerprint density at radius 3 is 2.15 bits per heavy atom. The van der Waals surface area contributed by atoms with Gasteiger partial charge in [0.2, 0.25) is 17.7 Å². The number of amides is 3. The summed E-state index contributed by atoms with van der Waals surface area (Å²) in [4.78, 5) is 38.6. The van der Waals surface area contributed by atoms with E-state index in [1.807, 2.05) is 4.90 Å². The summed E-state index contributed by atoms with van der Waals surface area (Å²) in [7, 11) is 0. The van der Waals surface area contributed by atoms with E-state index >= 15 is 0 Å². The molecule has 1 aliphatic heterocycles. The SMILES string of the molecule is Cl.Cl.NCC(=O)NCC(=O)N1CCN(CC(=O)Nc2ccc(F)cc2)CC1. The number of rotatable bonds is 6. The van der Waals surface area contributed by atoms with Crippen LogP contribution in [0.4, 0.5) is 10.1 Å². The van der Waals surface area contributed by atoms with Gasteiger partial charge in [0, 0.05) is 31.9 Å². The summed E-state index contributed by atoms with van der Waals surface area (Å²) < 4.78 is 12.8. The lowest BCUT2D eigenvalue weighted by molar-refractivity contribution is -0.134. The molecule has 27 heavy (non-hydrogen) atoms. The highest BCUT2D eigenvalue weighted by atomic mass is 35.5. The highest BCUT2D eigenvalue weighted by Gasteiger charge is 2.22. The topological polar surface area (TPSA) is 108 Å². The molecule has 152 valence electrons. The lowest BCUT2D eigenvalue weighted by atomic mass is 10.3. The van der Waals surface area contributed by atoms with E-state index in [-0.39, 0.29) is 68.0 Å². The summed E-state index contributed by atoms with van der Waals surface area (Å²) in [5.41, 5.74) is 5.70. The molecule has 0 spiro atoms. The van der Waals surface area contributed by atoms with Gasteiger partial charge >= 0.3 is 0 Å². The highest BCUT2D eigenvalue weighted by molar-refractivity contribution is 5.92. The smallest absolute Gasteiger partial charge is 0.242 e. The molecule has 1 aliphatic rings. The molecule has 0 bridgehead atoms. The van der Waals surface area contributed by atoms with E-state index < -0.39 is 0 Å². The molecule has 1 heterocycles. The molecular weight excluding hydrogens is 400 g/mol. The van der Waals surface area contributed by atoms with Gasteiger partial charge in [-0.15, -0.1) is 24.8 Å². The van der Waals surface area contributed by atoms with Crippen LogP contribution in [0.15, 0.2) is 24.3 Å². The molecule has 0 radical (unpaired) electrons. The van der Waals surface area contributed by atoms with E-state index in [1.165, 1.54) is 24.3 Å². The number of nitrogens with zero attached hydrogens (tertiary/aromatic N) is 2. The summed E-state index contributed by atoms with van der Waals surface area (Å²) >= 11 is 0. The number of benzene rings is 1. The lowest BCUT2D eigenvalue weighted by Crippen LogP contribution is -2.52. The molecule has 1 aromatic rings. The molecule has 0 atom stereocenters. The predicted molar refractivity (Wildman–Crippen MR) is 105 cm³/mol. The van der Waals surface area contributed by atoms with Gasteiger partial charge in [0.15, 0.2) is 0 Å². The van der Waals surface area contributed by atoms with Gasteiger partial charge in [-0.1, -0.05) is 0 Å². The maximum atomic E-state index is 12.8. The monoisotopic (exact) mass is 423 g/mol. The van der Waals surface area contributed by atoms with Crippen LogP contribution in [0, 0.1) is 5.82 Å².